The van der Waals surface area contributed by atoms with Crippen LogP contribution in [0.3, 0.4) is 0 Å². The molecule has 1 aromatic carbocycles. The molecule has 0 radical (unpaired) electrons. The SMILES string of the molecule is CC(C)(C)N(Cc1ccc(C(F)(F)F)cc1)C(=O)C1CCCCC1. The second kappa shape index (κ2) is 7.16. The predicted molar refractivity (Wildman–Crippen MR) is 88.3 cm³/mol. The first-order valence-electron chi connectivity index (χ1n) is 8.56. The number of nitrogens with zero attached hydrogens (tertiary/aromatic N) is 1. The molecule has 0 N–H and O–H groups in total. The Morgan fingerprint density at radius 1 is 1.04 bits per heavy atom. The summed E-state index contributed by atoms with van der Waals surface area (Å²) < 4.78 is 38.0. The topological polar surface area (TPSA) is 20.3 Å². The maximum absolute atomic E-state index is 12.9. The van der Waals surface area contributed by atoms with Crippen molar-refractivity contribution in [2.24, 2.45) is 5.92 Å². The first kappa shape index (κ1) is 18.8. The van der Waals surface area contributed by atoms with Crippen LogP contribution in [0.1, 0.15) is 64.0 Å². The van der Waals surface area contributed by atoms with Gasteiger partial charge in [0.05, 0.1) is 5.56 Å². The number of rotatable bonds is 3. The lowest BCUT2D eigenvalue weighted by Crippen LogP contribution is -2.48. The van der Waals surface area contributed by atoms with Gasteiger partial charge in [0.15, 0.2) is 0 Å². The number of benzene rings is 1. The Morgan fingerprint density at radius 2 is 1.58 bits per heavy atom. The number of amides is 1. The molecule has 1 amide bonds. The minimum atomic E-state index is -4.33. The highest BCUT2D eigenvalue weighted by molar-refractivity contribution is 5.79. The van der Waals surface area contributed by atoms with Crippen LogP contribution >= 0.6 is 0 Å². The van der Waals surface area contributed by atoms with Crippen molar-refractivity contribution in [1.29, 1.82) is 0 Å². The highest BCUT2D eigenvalue weighted by Crippen LogP contribution is 2.31. The van der Waals surface area contributed by atoms with Gasteiger partial charge in [0, 0.05) is 18.0 Å². The maximum atomic E-state index is 12.9. The van der Waals surface area contributed by atoms with Crippen molar-refractivity contribution in [3.63, 3.8) is 0 Å². The molecule has 0 aliphatic heterocycles. The van der Waals surface area contributed by atoms with Gasteiger partial charge in [0.1, 0.15) is 0 Å². The molecule has 0 saturated heterocycles. The molecule has 0 bridgehead atoms. The smallest absolute Gasteiger partial charge is 0.333 e. The minimum Gasteiger partial charge on any atom is -0.333 e. The van der Waals surface area contributed by atoms with E-state index in [4.69, 9.17) is 0 Å². The van der Waals surface area contributed by atoms with Crippen molar-refractivity contribution in [1.82, 2.24) is 4.90 Å². The Kier molecular flexibility index (Phi) is 5.61. The van der Waals surface area contributed by atoms with Crippen molar-refractivity contribution in [3.05, 3.63) is 35.4 Å². The average Bonchev–Trinajstić information content (AvgIpc) is 2.51. The van der Waals surface area contributed by atoms with E-state index in [1.807, 2.05) is 25.7 Å². The standard InChI is InChI=1S/C19H26F3NO/c1-18(2,3)23(17(24)15-7-5-4-6-8-15)13-14-9-11-16(12-10-14)19(20,21)22/h9-12,15H,4-8,13H2,1-3H3. The van der Waals surface area contributed by atoms with Crippen LogP contribution in [0.15, 0.2) is 24.3 Å². The lowest BCUT2D eigenvalue weighted by atomic mass is 9.87. The molecule has 1 aromatic rings. The van der Waals surface area contributed by atoms with Crippen LogP contribution in [-0.2, 0) is 17.5 Å². The molecule has 2 rings (SSSR count). The van der Waals surface area contributed by atoms with Gasteiger partial charge in [0.2, 0.25) is 5.91 Å². The zero-order valence-electron chi connectivity index (χ0n) is 14.6. The summed E-state index contributed by atoms with van der Waals surface area (Å²) in [5, 5.41) is 0. The first-order chi connectivity index (χ1) is 11.1. The van der Waals surface area contributed by atoms with E-state index in [0.717, 1.165) is 43.4 Å². The molecule has 134 valence electrons. The van der Waals surface area contributed by atoms with E-state index in [0.29, 0.717) is 6.54 Å². The predicted octanol–water partition coefficient (Wildman–Crippen LogP) is 5.41. The second-order valence-corrected chi connectivity index (χ2v) is 7.62. The van der Waals surface area contributed by atoms with E-state index >= 15 is 0 Å². The van der Waals surface area contributed by atoms with Crippen LogP contribution in [0.5, 0.6) is 0 Å². The zero-order chi connectivity index (χ0) is 18.0. The van der Waals surface area contributed by atoms with E-state index < -0.39 is 11.7 Å². The third-order valence-electron chi connectivity index (χ3n) is 4.65. The van der Waals surface area contributed by atoms with Crippen LogP contribution in [0.4, 0.5) is 13.2 Å². The third kappa shape index (κ3) is 4.74. The Balaban J connectivity index is 2.15. The number of carbonyl (C=O) groups excluding carboxylic acids is 1. The van der Waals surface area contributed by atoms with E-state index in [2.05, 4.69) is 0 Å². The molecule has 1 aliphatic rings. The van der Waals surface area contributed by atoms with Gasteiger partial charge in [-0.15, -0.1) is 0 Å². The van der Waals surface area contributed by atoms with Crippen molar-refractivity contribution in [3.8, 4) is 0 Å². The molecular formula is C19H26F3NO. The summed E-state index contributed by atoms with van der Waals surface area (Å²) in [7, 11) is 0. The maximum Gasteiger partial charge on any atom is 0.416 e. The van der Waals surface area contributed by atoms with Crippen LogP contribution in [0.2, 0.25) is 0 Å². The van der Waals surface area contributed by atoms with Crippen molar-refractivity contribution in [2.45, 2.75) is 71.1 Å². The highest BCUT2D eigenvalue weighted by atomic mass is 19.4. The Hall–Kier alpha value is -1.52. The second-order valence-electron chi connectivity index (χ2n) is 7.62. The fourth-order valence-electron chi connectivity index (χ4n) is 3.20. The molecule has 0 unspecified atom stereocenters. The summed E-state index contributed by atoms with van der Waals surface area (Å²) in [4.78, 5) is 14.7. The number of carbonyl (C=O) groups is 1. The van der Waals surface area contributed by atoms with E-state index in [1.165, 1.54) is 18.6 Å². The van der Waals surface area contributed by atoms with E-state index in [1.54, 1.807) is 0 Å². The first-order valence-corrected chi connectivity index (χ1v) is 8.56. The molecule has 5 heteroatoms. The molecule has 0 aromatic heterocycles. The van der Waals surface area contributed by atoms with Crippen molar-refractivity contribution < 1.29 is 18.0 Å². The molecule has 0 atom stereocenters. The summed E-state index contributed by atoms with van der Waals surface area (Å²) in [6, 6.07) is 5.11. The van der Waals surface area contributed by atoms with Gasteiger partial charge < -0.3 is 4.90 Å². The van der Waals surface area contributed by atoms with Gasteiger partial charge in [-0.25, -0.2) is 0 Å². The number of halogens is 3. The van der Waals surface area contributed by atoms with Crippen LogP contribution in [0.25, 0.3) is 0 Å². The molecular weight excluding hydrogens is 315 g/mol. The molecule has 2 nitrogen and oxygen atoms in total. The Labute approximate surface area is 142 Å². The Morgan fingerprint density at radius 3 is 2.04 bits per heavy atom. The summed E-state index contributed by atoms with van der Waals surface area (Å²) >= 11 is 0. The normalized spacial score (nSPS) is 16.9. The average molecular weight is 341 g/mol. The van der Waals surface area contributed by atoms with Crippen molar-refractivity contribution in [2.75, 3.05) is 0 Å². The summed E-state index contributed by atoms with van der Waals surface area (Å²) in [5.41, 5.74) is -0.300. The number of hydrogen-bond acceptors (Lipinski definition) is 1. The number of alkyl halides is 3. The van der Waals surface area contributed by atoms with Gasteiger partial charge in [-0.2, -0.15) is 13.2 Å². The molecule has 0 heterocycles. The van der Waals surface area contributed by atoms with E-state index in [-0.39, 0.29) is 17.4 Å². The van der Waals surface area contributed by atoms with Gasteiger partial charge in [-0.05, 0) is 51.3 Å². The lowest BCUT2D eigenvalue weighted by molar-refractivity contribution is -0.142. The molecule has 24 heavy (non-hydrogen) atoms. The summed E-state index contributed by atoms with van der Waals surface area (Å²) in [6.07, 6.45) is 0.832. The zero-order valence-corrected chi connectivity index (χ0v) is 14.6. The van der Waals surface area contributed by atoms with Gasteiger partial charge in [-0.1, -0.05) is 31.4 Å². The quantitative estimate of drug-likeness (QED) is 0.719. The Bertz CT molecular complexity index is 551. The largest absolute Gasteiger partial charge is 0.416 e. The molecule has 0 spiro atoms. The minimum absolute atomic E-state index is 0.0485. The molecule has 1 aliphatic carbocycles. The van der Waals surface area contributed by atoms with Gasteiger partial charge in [0.25, 0.3) is 0 Å². The summed E-state index contributed by atoms with van der Waals surface area (Å²) in [6.45, 7) is 6.25. The lowest BCUT2D eigenvalue weighted by Gasteiger charge is -2.39. The fourth-order valence-corrected chi connectivity index (χ4v) is 3.20. The van der Waals surface area contributed by atoms with Crippen LogP contribution < -0.4 is 0 Å². The molecule has 1 fully saturated rings. The number of hydrogen-bond donors (Lipinski definition) is 0. The fraction of sp³-hybridized carbons (Fsp3) is 0.632. The monoisotopic (exact) mass is 341 g/mol. The third-order valence-corrected chi connectivity index (χ3v) is 4.65. The molecule has 1 saturated carbocycles. The van der Waals surface area contributed by atoms with Crippen LogP contribution in [-0.4, -0.2) is 16.3 Å². The summed E-state index contributed by atoms with van der Waals surface area (Å²) in [5.74, 6) is 0.175. The van der Waals surface area contributed by atoms with Crippen molar-refractivity contribution >= 4 is 5.91 Å². The highest BCUT2D eigenvalue weighted by Gasteiger charge is 2.33. The van der Waals surface area contributed by atoms with E-state index in [9.17, 15) is 18.0 Å². The van der Waals surface area contributed by atoms with Gasteiger partial charge >= 0.3 is 6.18 Å². The van der Waals surface area contributed by atoms with Crippen LogP contribution in [0, 0.1) is 5.92 Å². The van der Waals surface area contributed by atoms with Gasteiger partial charge in [-0.3, -0.25) is 4.79 Å².